The SMILES string of the molecule is CC(=O)C1=Cc2cc(CCc3cc(CC(=O)c4ccc(CN5CCC(N(C)C)C5)c(C(F)(F)F)c4)ccc3C)cnc2C1. The first-order valence-electron chi connectivity index (χ1n) is 14.8. The van der Waals surface area contributed by atoms with E-state index < -0.39 is 11.7 Å². The Morgan fingerprint density at radius 2 is 1.81 bits per heavy atom. The summed E-state index contributed by atoms with van der Waals surface area (Å²) in [6, 6.07) is 12.3. The molecule has 1 aromatic heterocycles. The number of Topliss-reactive ketones (excluding diaryl/α,β-unsaturated/α-hetero) is 2. The Morgan fingerprint density at radius 3 is 2.51 bits per heavy atom. The van der Waals surface area contributed by atoms with Crippen molar-refractivity contribution in [2.45, 2.75) is 64.7 Å². The van der Waals surface area contributed by atoms with Crippen LogP contribution < -0.4 is 0 Å². The molecule has 0 spiro atoms. The molecule has 1 atom stereocenters. The van der Waals surface area contributed by atoms with Crippen molar-refractivity contribution in [3.63, 3.8) is 0 Å². The number of benzene rings is 2. The smallest absolute Gasteiger partial charge is 0.305 e. The van der Waals surface area contributed by atoms with Crippen LogP contribution in [0.15, 0.2) is 54.2 Å². The van der Waals surface area contributed by atoms with Gasteiger partial charge in [-0.1, -0.05) is 30.3 Å². The number of likely N-dealkylation sites (N-methyl/N-ethyl adjacent to an activating group) is 1. The standard InChI is InChI=1S/C35H38F3N3O2/c1-22-5-6-24(13-26(22)8-7-25-14-30-16-29(23(2)42)18-33(30)39-19-25)15-34(43)27-9-10-28(32(17-27)35(36,37)38)20-41-12-11-31(21-41)40(3)4/h5-6,9-10,13-14,16-17,19,31H,7-8,11-12,15,18,20-21H2,1-4H3. The molecule has 2 aliphatic rings. The number of likely N-dealkylation sites (tertiary alicyclic amines) is 1. The molecule has 3 aromatic rings. The molecule has 2 heterocycles. The van der Waals surface area contributed by atoms with E-state index in [1.165, 1.54) is 12.1 Å². The molecule has 1 aliphatic carbocycles. The summed E-state index contributed by atoms with van der Waals surface area (Å²) in [6.07, 6.45) is 2.22. The summed E-state index contributed by atoms with van der Waals surface area (Å²) in [5.74, 6) is -0.274. The van der Waals surface area contributed by atoms with E-state index in [0.717, 1.165) is 77.5 Å². The summed E-state index contributed by atoms with van der Waals surface area (Å²) in [5, 5.41) is 0. The topological polar surface area (TPSA) is 53.5 Å². The number of carbonyl (C=O) groups excluding carboxylic acids is 2. The minimum atomic E-state index is -4.54. The average Bonchev–Trinajstić information content (AvgIpc) is 3.60. The molecule has 0 saturated carbocycles. The molecule has 226 valence electrons. The van der Waals surface area contributed by atoms with E-state index in [2.05, 4.69) is 16.0 Å². The fourth-order valence-electron chi connectivity index (χ4n) is 6.05. The Morgan fingerprint density at radius 1 is 1.02 bits per heavy atom. The fraction of sp³-hybridized carbons (Fsp3) is 0.400. The van der Waals surface area contributed by atoms with Gasteiger partial charge in [0.2, 0.25) is 0 Å². The molecular weight excluding hydrogens is 551 g/mol. The lowest BCUT2D eigenvalue weighted by atomic mass is 9.94. The van der Waals surface area contributed by atoms with Gasteiger partial charge in [-0.3, -0.25) is 19.5 Å². The minimum absolute atomic E-state index is 0.0274. The van der Waals surface area contributed by atoms with E-state index in [1.807, 2.05) is 56.4 Å². The second-order valence-corrected chi connectivity index (χ2v) is 12.2. The maximum Gasteiger partial charge on any atom is 0.416 e. The molecule has 1 saturated heterocycles. The van der Waals surface area contributed by atoms with E-state index in [9.17, 15) is 22.8 Å². The summed E-state index contributed by atoms with van der Waals surface area (Å²) in [6.45, 7) is 5.26. The highest BCUT2D eigenvalue weighted by Crippen LogP contribution is 2.34. The Labute approximate surface area is 251 Å². The van der Waals surface area contributed by atoms with Crippen LogP contribution in [0.3, 0.4) is 0 Å². The highest BCUT2D eigenvalue weighted by Gasteiger charge is 2.35. The number of pyridine rings is 1. The van der Waals surface area contributed by atoms with Gasteiger partial charge in [-0.15, -0.1) is 0 Å². The van der Waals surface area contributed by atoms with E-state index in [4.69, 9.17) is 0 Å². The minimum Gasteiger partial charge on any atom is -0.305 e. The van der Waals surface area contributed by atoms with Gasteiger partial charge in [-0.05, 0) is 98.8 Å². The maximum absolute atomic E-state index is 14.1. The Bertz CT molecular complexity index is 1570. The summed E-state index contributed by atoms with van der Waals surface area (Å²) < 4.78 is 42.3. The number of carbonyl (C=O) groups is 2. The second kappa shape index (κ2) is 12.5. The zero-order chi connectivity index (χ0) is 30.9. The predicted molar refractivity (Wildman–Crippen MR) is 162 cm³/mol. The number of hydrogen-bond acceptors (Lipinski definition) is 5. The van der Waals surface area contributed by atoms with Crippen LogP contribution in [0.25, 0.3) is 6.08 Å². The molecule has 0 amide bonds. The summed E-state index contributed by atoms with van der Waals surface area (Å²) in [4.78, 5) is 33.7. The van der Waals surface area contributed by atoms with Crippen LogP contribution in [0.1, 0.15) is 68.3 Å². The Kier molecular flexibility index (Phi) is 8.99. The number of alkyl halides is 3. The normalized spacial score (nSPS) is 16.9. The highest BCUT2D eigenvalue weighted by molar-refractivity contribution is 6.00. The molecule has 2 aromatic carbocycles. The largest absolute Gasteiger partial charge is 0.416 e. The zero-order valence-electron chi connectivity index (χ0n) is 25.2. The van der Waals surface area contributed by atoms with Gasteiger partial charge in [0, 0.05) is 55.9 Å². The predicted octanol–water partition coefficient (Wildman–Crippen LogP) is 6.28. The Balaban J connectivity index is 1.27. The first-order valence-corrected chi connectivity index (χ1v) is 14.8. The van der Waals surface area contributed by atoms with Crippen LogP contribution in [0.5, 0.6) is 0 Å². The Hall–Kier alpha value is -3.62. The number of ketones is 2. The van der Waals surface area contributed by atoms with E-state index in [-0.39, 0.29) is 35.7 Å². The van der Waals surface area contributed by atoms with Crippen molar-refractivity contribution in [1.82, 2.24) is 14.8 Å². The van der Waals surface area contributed by atoms with Crippen molar-refractivity contribution in [3.05, 3.63) is 104 Å². The third-order valence-electron chi connectivity index (χ3n) is 8.77. The van der Waals surface area contributed by atoms with Gasteiger partial charge >= 0.3 is 6.18 Å². The lowest BCUT2D eigenvalue weighted by Gasteiger charge is -2.22. The van der Waals surface area contributed by atoms with Gasteiger partial charge < -0.3 is 4.90 Å². The summed E-state index contributed by atoms with van der Waals surface area (Å²) >= 11 is 0. The van der Waals surface area contributed by atoms with E-state index in [0.29, 0.717) is 12.5 Å². The summed E-state index contributed by atoms with van der Waals surface area (Å²) in [7, 11) is 3.98. The number of aromatic nitrogens is 1. The molecule has 1 aliphatic heterocycles. The van der Waals surface area contributed by atoms with Gasteiger partial charge in [0.15, 0.2) is 11.6 Å². The number of hydrogen-bond donors (Lipinski definition) is 0. The third kappa shape index (κ3) is 7.31. The van der Waals surface area contributed by atoms with Crippen molar-refractivity contribution in [1.29, 1.82) is 0 Å². The van der Waals surface area contributed by atoms with Gasteiger partial charge in [0.05, 0.1) is 11.3 Å². The van der Waals surface area contributed by atoms with Gasteiger partial charge in [-0.25, -0.2) is 0 Å². The number of nitrogens with zero attached hydrogens (tertiary/aromatic N) is 3. The van der Waals surface area contributed by atoms with Crippen molar-refractivity contribution in [2.75, 3.05) is 27.2 Å². The lowest BCUT2D eigenvalue weighted by Crippen LogP contribution is -2.31. The molecule has 0 N–H and O–H groups in total. The van der Waals surface area contributed by atoms with E-state index >= 15 is 0 Å². The highest BCUT2D eigenvalue weighted by atomic mass is 19.4. The van der Waals surface area contributed by atoms with Crippen molar-refractivity contribution >= 4 is 17.6 Å². The number of halogens is 3. The van der Waals surface area contributed by atoms with Crippen molar-refractivity contribution in [2.24, 2.45) is 0 Å². The van der Waals surface area contributed by atoms with Crippen LogP contribution in [0.4, 0.5) is 13.2 Å². The van der Waals surface area contributed by atoms with Crippen LogP contribution >= 0.6 is 0 Å². The molecule has 43 heavy (non-hydrogen) atoms. The van der Waals surface area contributed by atoms with Gasteiger partial charge in [0.1, 0.15) is 0 Å². The first-order chi connectivity index (χ1) is 20.4. The lowest BCUT2D eigenvalue weighted by molar-refractivity contribution is -0.138. The third-order valence-corrected chi connectivity index (χ3v) is 8.77. The molecule has 5 rings (SSSR count). The number of aryl methyl sites for hydroxylation is 3. The summed E-state index contributed by atoms with van der Waals surface area (Å²) in [5.41, 5.74) is 6.23. The van der Waals surface area contributed by atoms with Crippen LogP contribution in [-0.4, -0.2) is 59.6 Å². The first kappa shape index (κ1) is 30.8. The van der Waals surface area contributed by atoms with Crippen molar-refractivity contribution < 1.29 is 22.8 Å². The second-order valence-electron chi connectivity index (χ2n) is 12.2. The average molecular weight is 590 g/mol. The van der Waals surface area contributed by atoms with Crippen molar-refractivity contribution in [3.8, 4) is 0 Å². The number of fused-ring (bicyclic) bond motifs is 1. The molecule has 5 nitrogen and oxygen atoms in total. The zero-order valence-corrected chi connectivity index (χ0v) is 25.2. The van der Waals surface area contributed by atoms with Crippen LogP contribution in [0, 0.1) is 6.92 Å². The molecule has 1 fully saturated rings. The van der Waals surface area contributed by atoms with Crippen LogP contribution in [-0.2, 0) is 43.2 Å². The fourth-order valence-corrected chi connectivity index (χ4v) is 6.05. The van der Waals surface area contributed by atoms with E-state index in [1.54, 1.807) is 6.92 Å². The monoisotopic (exact) mass is 589 g/mol. The molecular formula is C35H38F3N3O2. The molecule has 1 unspecified atom stereocenters. The number of allylic oxidation sites excluding steroid dienone is 1. The molecule has 8 heteroatoms. The number of rotatable bonds is 10. The van der Waals surface area contributed by atoms with Gasteiger partial charge in [0.25, 0.3) is 0 Å². The van der Waals surface area contributed by atoms with Gasteiger partial charge in [-0.2, -0.15) is 13.2 Å². The molecule has 0 radical (unpaired) electrons. The quantitative estimate of drug-likeness (QED) is 0.261. The molecule has 0 bridgehead atoms. The van der Waals surface area contributed by atoms with Crippen LogP contribution in [0.2, 0.25) is 0 Å². The maximum atomic E-state index is 14.1.